The van der Waals surface area contributed by atoms with Crippen molar-refractivity contribution in [3.8, 4) is 11.5 Å². The largest absolute Gasteiger partial charge is 0.486 e. The first-order valence-electron chi connectivity index (χ1n) is 14.4. The number of amides is 1. The van der Waals surface area contributed by atoms with E-state index >= 15 is 0 Å². The molecular weight excluding hydrogens is 499 g/mol. The van der Waals surface area contributed by atoms with Crippen LogP contribution >= 0.6 is 0 Å². The molecule has 8 heteroatoms. The van der Waals surface area contributed by atoms with E-state index in [0.29, 0.717) is 74.1 Å². The van der Waals surface area contributed by atoms with Crippen molar-refractivity contribution in [1.82, 2.24) is 10.2 Å². The third kappa shape index (κ3) is 6.97. The zero-order valence-corrected chi connectivity index (χ0v) is 22.4. The van der Waals surface area contributed by atoms with Gasteiger partial charge in [-0.1, -0.05) is 12.5 Å². The van der Waals surface area contributed by atoms with Crippen molar-refractivity contribution >= 4 is 11.7 Å². The third-order valence-electron chi connectivity index (χ3n) is 8.41. The highest BCUT2D eigenvalue weighted by molar-refractivity contribution is 5.95. The molecule has 3 aliphatic rings. The van der Waals surface area contributed by atoms with E-state index in [0.717, 1.165) is 25.3 Å². The number of Topliss-reactive ketones (excluding diaryl/α,β-unsaturated/α-hetero) is 1. The molecule has 4 atom stereocenters. The van der Waals surface area contributed by atoms with Gasteiger partial charge in [0, 0.05) is 31.0 Å². The molecule has 7 nitrogen and oxygen atoms in total. The molecule has 1 saturated carbocycles. The summed E-state index contributed by atoms with van der Waals surface area (Å²) in [7, 11) is 0. The molecule has 0 radical (unpaired) electrons. The molecule has 0 bridgehead atoms. The van der Waals surface area contributed by atoms with Gasteiger partial charge in [-0.2, -0.15) is 0 Å². The van der Waals surface area contributed by atoms with Crippen LogP contribution in [0.15, 0.2) is 42.5 Å². The lowest BCUT2D eigenvalue weighted by Crippen LogP contribution is -2.56. The second kappa shape index (κ2) is 12.9. The van der Waals surface area contributed by atoms with Gasteiger partial charge in [0.1, 0.15) is 25.1 Å². The fourth-order valence-electron chi connectivity index (χ4n) is 6.08. The van der Waals surface area contributed by atoms with E-state index in [-0.39, 0.29) is 17.5 Å². The van der Waals surface area contributed by atoms with Crippen LogP contribution in [0, 0.1) is 11.7 Å². The van der Waals surface area contributed by atoms with Gasteiger partial charge in [-0.15, -0.1) is 0 Å². The van der Waals surface area contributed by atoms with Crippen LogP contribution in [0.2, 0.25) is 0 Å². The number of aliphatic hydroxyl groups is 1. The Bertz CT molecular complexity index is 1140. The summed E-state index contributed by atoms with van der Waals surface area (Å²) in [6.45, 7) is 2.57. The molecule has 2 aliphatic heterocycles. The van der Waals surface area contributed by atoms with Crippen LogP contribution in [0.3, 0.4) is 0 Å². The number of benzene rings is 2. The minimum absolute atomic E-state index is 0.0158. The van der Waals surface area contributed by atoms with E-state index in [4.69, 9.17) is 9.47 Å². The summed E-state index contributed by atoms with van der Waals surface area (Å²) >= 11 is 0. The van der Waals surface area contributed by atoms with Crippen LogP contribution in [-0.2, 0) is 4.79 Å². The number of likely N-dealkylation sites (tertiary alicyclic amines) is 1. The number of ether oxygens (including phenoxy) is 2. The van der Waals surface area contributed by atoms with Gasteiger partial charge < -0.3 is 19.9 Å². The Morgan fingerprint density at radius 3 is 2.51 bits per heavy atom. The lowest BCUT2D eigenvalue weighted by molar-refractivity contribution is -0.123. The predicted molar refractivity (Wildman–Crippen MR) is 145 cm³/mol. The third-order valence-corrected chi connectivity index (χ3v) is 8.41. The molecule has 2 aromatic rings. The topological polar surface area (TPSA) is 88.1 Å². The molecular formula is C31H39FN2O5. The second-order valence-electron chi connectivity index (χ2n) is 11.1. The number of hydrogen-bond donors (Lipinski definition) is 2. The fourth-order valence-corrected chi connectivity index (χ4v) is 6.08. The van der Waals surface area contributed by atoms with Crippen LogP contribution < -0.4 is 14.8 Å². The molecule has 2 unspecified atom stereocenters. The molecule has 210 valence electrons. The Morgan fingerprint density at radius 2 is 1.74 bits per heavy atom. The Morgan fingerprint density at radius 1 is 0.974 bits per heavy atom. The number of unbranched alkanes of at least 4 members (excludes halogenated alkanes) is 2. The number of aliphatic hydroxyl groups excluding tert-OH is 1. The summed E-state index contributed by atoms with van der Waals surface area (Å²) < 4.78 is 24.4. The van der Waals surface area contributed by atoms with E-state index in [9.17, 15) is 19.1 Å². The average molecular weight is 539 g/mol. The van der Waals surface area contributed by atoms with Gasteiger partial charge in [0.15, 0.2) is 17.3 Å². The van der Waals surface area contributed by atoms with Gasteiger partial charge in [-0.05, 0) is 92.9 Å². The fraction of sp³-hybridized carbons (Fsp3) is 0.548. The van der Waals surface area contributed by atoms with E-state index in [1.165, 1.54) is 43.5 Å². The van der Waals surface area contributed by atoms with Crippen molar-refractivity contribution in [2.45, 2.75) is 76.0 Å². The lowest BCUT2D eigenvalue weighted by atomic mass is 9.73. The Balaban J connectivity index is 1.15. The van der Waals surface area contributed by atoms with Crippen molar-refractivity contribution in [2.75, 3.05) is 26.3 Å². The molecule has 2 aromatic carbocycles. The molecule has 1 saturated heterocycles. The maximum atomic E-state index is 13.1. The number of carbonyl (C=O) groups excluding carboxylic acids is 2. The van der Waals surface area contributed by atoms with Crippen LogP contribution in [-0.4, -0.2) is 60.1 Å². The predicted octanol–water partition coefficient (Wildman–Crippen LogP) is 4.82. The number of piperidine rings is 1. The zero-order chi connectivity index (χ0) is 27.2. The minimum atomic E-state index is -0.876. The quantitative estimate of drug-likeness (QED) is 0.298. The van der Waals surface area contributed by atoms with Gasteiger partial charge in [0.25, 0.3) is 0 Å². The van der Waals surface area contributed by atoms with Crippen molar-refractivity contribution in [2.24, 2.45) is 5.92 Å². The molecule has 1 aliphatic carbocycles. The van der Waals surface area contributed by atoms with E-state index < -0.39 is 12.1 Å². The number of nitrogens with zero attached hydrogens (tertiary/aromatic N) is 1. The van der Waals surface area contributed by atoms with Crippen molar-refractivity contribution in [1.29, 1.82) is 0 Å². The first kappa shape index (κ1) is 27.6. The standard InChI is InChI=1S/C31H39FN2O5/c32-24-12-8-22(9-13-24)27(35)6-2-1-3-7-30(36)33-25(20-34-16-4-5-21-10-14-26(21)34)31(37)23-11-15-28-29(19-23)39-18-17-38-28/h8-9,11-13,15,19,21,25-26,31,37H,1-7,10,14,16-18,20H2,(H,33,36)/t21?,25-,26?,31-/m1/s1. The maximum Gasteiger partial charge on any atom is 0.220 e. The lowest BCUT2D eigenvalue weighted by Gasteiger charge is -2.49. The Labute approximate surface area is 229 Å². The first-order valence-corrected chi connectivity index (χ1v) is 14.4. The molecule has 0 aromatic heterocycles. The average Bonchev–Trinajstić information content (AvgIpc) is 2.93. The summed E-state index contributed by atoms with van der Waals surface area (Å²) in [5.41, 5.74) is 1.21. The first-order chi connectivity index (χ1) is 19.0. The highest BCUT2D eigenvalue weighted by Crippen LogP contribution is 2.40. The molecule has 2 fully saturated rings. The molecule has 39 heavy (non-hydrogen) atoms. The van der Waals surface area contributed by atoms with Gasteiger partial charge in [0.05, 0.1) is 6.04 Å². The monoisotopic (exact) mass is 538 g/mol. The Hall–Kier alpha value is -2.97. The van der Waals surface area contributed by atoms with Crippen LogP contribution in [0.4, 0.5) is 4.39 Å². The number of carbonyl (C=O) groups is 2. The Kier molecular flexibility index (Phi) is 9.14. The number of ketones is 1. The van der Waals surface area contributed by atoms with E-state index in [2.05, 4.69) is 10.2 Å². The zero-order valence-electron chi connectivity index (χ0n) is 22.4. The van der Waals surface area contributed by atoms with Gasteiger partial charge in [-0.3, -0.25) is 14.5 Å². The number of hydrogen-bond acceptors (Lipinski definition) is 6. The SMILES string of the molecule is O=C(CCCCCC(=O)c1ccc(F)cc1)N[C@H](CN1CCCC2CCC21)[C@H](O)c1ccc2c(c1)OCCO2. The highest BCUT2D eigenvalue weighted by Gasteiger charge is 2.39. The summed E-state index contributed by atoms with van der Waals surface area (Å²) in [6.07, 6.45) is 6.77. The molecule has 2 heterocycles. The molecule has 5 rings (SSSR count). The van der Waals surface area contributed by atoms with Crippen molar-refractivity contribution in [3.05, 3.63) is 59.4 Å². The number of halogens is 1. The van der Waals surface area contributed by atoms with Crippen LogP contribution in [0.25, 0.3) is 0 Å². The number of nitrogens with one attached hydrogen (secondary N) is 1. The smallest absolute Gasteiger partial charge is 0.220 e. The summed E-state index contributed by atoms with van der Waals surface area (Å²) in [5, 5.41) is 14.6. The maximum absolute atomic E-state index is 13.1. The normalized spacial score (nSPS) is 21.8. The number of fused-ring (bicyclic) bond motifs is 2. The second-order valence-corrected chi connectivity index (χ2v) is 11.1. The summed E-state index contributed by atoms with van der Waals surface area (Å²) in [4.78, 5) is 27.7. The van der Waals surface area contributed by atoms with E-state index in [1.807, 2.05) is 18.2 Å². The van der Waals surface area contributed by atoms with Gasteiger partial charge in [0.2, 0.25) is 5.91 Å². The molecule has 0 spiro atoms. The van der Waals surface area contributed by atoms with Gasteiger partial charge >= 0.3 is 0 Å². The minimum Gasteiger partial charge on any atom is -0.486 e. The van der Waals surface area contributed by atoms with Gasteiger partial charge in [-0.25, -0.2) is 4.39 Å². The molecule has 2 N–H and O–H groups in total. The number of rotatable bonds is 12. The van der Waals surface area contributed by atoms with E-state index in [1.54, 1.807) is 0 Å². The van der Waals surface area contributed by atoms with Crippen molar-refractivity contribution in [3.63, 3.8) is 0 Å². The summed E-state index contributed by atoms with van der Waals surface area (Å²) in [6, 6.07) is 11.2. The highest BCUT2D eigenvalue weighted by atomic mass is 19.1. The molecule has 1 amide bonds. The van der Waals surface area contributed by atoms with Crippen LogP contribution in [0.5, 0.6) is 11.5 Å². The van der Waals surface area contributed by atoms with Crippen LogP contribution in [0.1, 0.15) is 79.8 Å². The summed E-state index contributed by atoms with van der Waals surface area (Å²) in [5.74, 6) is 1.56. The van der Waals surface area contributed by atoms with Crippen molar-refractivity contribution < 1.29 is 28.6 Å².